The first-order valence-corrected chi connectivity index (χ1v) is 6.88. The number of carbonyl (C=O) groups is 2. The number of carbonyl (C=O) groups excluding carboxylic acids is 2. The summed E-state index contributed by atoms with van der Waals surface area (Å²) < 4.78 is 5.28. The first-order chi connectivity index (χ1) is 10.0. The molecule has 0 spiro atoms. The van der Waals surface area contributed by atoms with E-state index in [0.717, 1.165) is 5.57 Å². The molecule has 0 aromatic heterocycles. The van der Waals surface area contributed by atoms with E-state index in [2.05, 4.69) is 13.2 Å². The average molecular weight is 282 g/mol. The van der Waals surface area contributed by atoms with Crippen molar-refractivity contribution in [2.75, 3.05) is 6.61 Å². The summed E-state index contributed by atoms with van der Waals surface area (Å²) in [5.74, 6) is 0.392. The number of ketones is 2. The predicted octanol–water partition coefficient (Wildman–Crippen LogP) is 3.88. The molecule has 0 amide bonds. The summed E-state index contributed by atoms with van der Waals surface area (Å²) in [6.45, 7) is 10.2. The normalized spacial score (nSPS) is 13.5. The second kappa shape index (κ2) is 6.35. The Bertz CT molecular complexity index is 650. The molecule has 1 aliphatic rings. The van der Waals surface area contributed by atoms with Gasteiger partial charge in [0, 0.05) is 23.1 Å². The Labute approximate surface area is 124 Å². The van der Waals surface area contributed by atoms with Gasteiger partial charge in [-0.05, 0) is 19.4 Å². The van der Waals surface area contributed by atoms with E-state index in [0.29, 0.717) is 41.9 Å². The van der Waals surface area contributed by atoms with E-state index >= 15 is 0 Å². The minimum absolute atomic E-state index is 0.103. The molecular formula is C18H18O3. The van der Waals surface area contributed by atoms with Crippen molar-refractivity contribution >= 4 is 11.6 Å². The molecule has 21 heavy (non-hydrogen) atoms. The quantitative estimate of drug-likeness (QED) is 0.587. The highest BCUT2D eigenvalue weighted by Gasteiger charge is 2.25. The fourth-order valence-electron chi connectivity index (χ4n) is 2.37. The van der Waals surface area contributed by atoms with Gasteiger partial charge in [-0.15, -0.1) is 0 Å². The maximum absolute atomic E-state index is 12.4. The van der Waals surface area contributed by atoms with Gasteiger partial charge in [0.25, 0.3) is 0 Å². The molecule has 2 rings (SSSR count). The van der Waals surface area contributed by atoms with E-state index in [9.17, 15) is 9.59 Å². The summed E-state index contributed by atoms with van der Waals surface area (Å²) in [5.41, 5.74) is 2.22. The SMILES string of the molecule is C=C(CC(=C)OCC)CC1=CC(=O)c2ccccc2C1=O. The van der Waals surface area contributed by atoms with Crippen LogP contribution in [0.25, 0.3) is 0 Å². The van der Waals surface area contributed by atoms with Crippen LogP contribution >= 0.6 is 0 Å². The number of benzene rings is 1. The lowest BCUT2D eigenvalue weighted by molar-refractivity contribution is 0.0982. The van der Waals surface area contributed by atoms with Crippen LogP contribution in [0, 0.1) is 0 Å². The summed E-state index contributed by atoms with van der Waals surface area (Å²) in [5, 5.41) is 0. The van der Waals surface area contributed by atoms with Crippen LogP contribution in [-0.4, -0.2) is 18.2 Å². The first-order valence-electron chi connectivity index (χ1n) is 6.88. The van der Waals surface area contributed by atoms with Crippen LogP contribution in [0.1, 0.15) is 40.5 Å². The molecule has 0 bridgehead atoms. The van der Waals surface area contributed by atoms with Crippen molar-refractivity contribution in [2.45, 2.75) is 19.8 Å². The lowest BCUT2D eigenvalue weighted by atomic mass is 9.86. The van der Waals surface area contributed by atoms with Crippen molar-refractivity contribution in [3.63, 3.8) is 0 Å². The highest BCUT2D eigenvalue weighted by Crippen LogP contribution is 2.26. The van der Waals surface area contributed by atoms with Crippen molar-refractivity contribution in [3.8, 4) is 0 Å². The zero-order chi connectivity index (χ0) is 15.4. The van der Waals surface area contributed by atoms with Gasteiger partial charge in [0.1, 0.15) is 0 Å². The molecule has 0 fully saturated rings. The molecule has 1 aromatic rings. The molecule has 0 radical (unpaired) electrons. The van der Waals surface area contributed by atoms with E-state index in [4.69, 9.17) is 4.74 Å². The van der Waals surface area contributed by atoms with Crippen molar-refractivity contribution in [1.29, 1.82) is 0 Å². The Morgan fingerprint density at radius 1 is 1.14 bits per heavy atom. The molecule has 0 aliphatic heterocycles. The number of rotatable bonds is 6. The lowest BCUT2D eigenvalue weighted by Gasteiger charge is -2.16. The largest absolute Gasteiger partial charge is 0.499 e. The third-order valence-corrected chi connectivity index (χ3v) is 3.27. The van der Waals surface area contributed by atoms with Crippen LogP contribution in [0.4, 0.5) is 0 Å². The maximum Gasteiger partial charge on any atom is 0.190 e. The molecule has 3 heteroatoms. The van der Waals surface area contributed by atoms with Crippen LogP contribution in [0.5, 0.6) is 0 Å². The molecular weight excluding hydrogens is 264 g/mol. The van der Waals surface area contributed by atoms with Crippen LogP contribution < -0.4 is 0 Å². The van der Waals surface area contributed by atoms with E-state index in [1.54, 1.807) is 24.3 Å². The zero-order valence-corrected chi connectivity index (χ0v) is 12.1. The van der Waals surface area contributed by atoms with Crippen molar-refractivity contribution in [2.24, 2.45) is 0 Å². The number of allylic oxidation sites excluding steroid dienone is 3. The lowest BCUT2D eigenvalue weighted by Crippen LogP contribution is -2.17. The third kappa shape index (κ3) is 3.37. The van der Waals surface area contributed by atoms with Gasteiger partial charge in [-0.1, -0.05) is 43.0 Å². The summed E-state index contributed by atoms with van der Waals surface area (Å²) in [6, 6.07) is 6.88. The molecule has 0 saturated heterocycles. The molecule has 1 aromatic carbocycles. The van der Waals surface area contributed by atoms with E-state index in [1.807, 2.05) is 6.92 Å². The fraction of sp³-hybridized carbons (Fsp3) is 0.222. The predicted molar refractivity (Wildman–Crippen MR) is 82.3 cm³/mol. The van der Waals surface area contributed by atoms with Gasteiger partial charge in [-0.3, -0.25) is 9.59 Å². The van der Waals surface area contributed by atoms with Crippen LogP contribution in [0.3, 0.4) is 0 Å². The number of hydrogen-bond donors (Lipinski definition) is 0. The average Bonchev–Trinajstić information content (AvgIpc) is 2.44. The van der Waals surface area contributed by atoms with Crippen LogP contribution in [0.2, 0.25) is 0 Å². The molecule has 0 unspecified atom stereocenters. The zero-order valence-electron chi connectivity index (χ0n) is 12.1. The second-order valence-corrected chi connectivity index (χ2v) is 4.98. The summed E-state index contributed by atoms with van der Waals surface area (Å²) in [7, 11) is 0. The monoisotopic (exact) mass is 282 g/mol. The van der Waals surface area contributed by atoms with Crippen molar-refractivity contribution in [3.05, 3.63) is 71.5 Å². The first kappa shape index (κ1) is 15.0. The highest BCUT2D eigenvalue weighted by molar-refractivity contribution is 6.24. The van der Waals surface area contributed by atoms with Gasteiger partial charge in [0.05, 0.1) is 12.4 Å². The summed E-state index contributed by atoms with van der Waals surface area (Å²) in [4.78, 5) is 24.4. The molecule has 0 N–H and O–H groups in total. The van der Waals surface area contributed by atoms with Gasteiger partial charge >= 0.3 is 0 Å². The Kier molecular flexibility index (Phi) is 4.53. The molecule has 3 nitrogen and oxygen atoms in total. The van der Waals surface area contributed by atoms with Gasteiger partial charge in [-0.2, -0.15) is 0 Å². The van der Waals surface area contributed by atoms with Crippen LogP contribution in [0.15, 0.2) is 60.4 Å². The smallest absolute Gasteiger partial charge is 0.190 e. The van der Waals surface area contributed by atoms with E-state index in [-0.39, 0.29) is 11.6 Å². The number of ether oxygens (including phenoxy) is 1. The Hall–Kier alpha value is -2.42. The van der Waals surface area contributed by atoms with Gasteiger partial charge in [-0.25, -0.2) is 0 Å². The Morgan fingerprint density at radius 2 is 1.81 bits per heavy atom. The van der Waals surface area contributed by atoms with Crippen LogP contribution in [-0.2, 0) is 4.74 Å². The highest BCUT2D eigenvalue weighted by atomic mass is 16.5. The minimum Gasteiger partial charge on any atom is -0.499 e. The summed E-state index contributed by atoms with van der Waals surface area (Å²) in [6.07, 6.45) is 2.28. The minimum atomic E-state index is -0.128. The summed E-state index contributed by atoms with van der Waals surface area (Å²) >= 11 is 0. The maximum atomic E-state index is 12.4. The van der Waals surface area contributed by atoms with Crippen molar-refractivity contribution in [1.82, 2.24) is 0 Å². The second-order valence-electron chi connectivity index (χ2n) is 4.98. The van der Waals surface area contributed by atoms with E-state index in [1.165, 1.54) is 6.08 Å². The van der Waals surface area contributed by atoms with E-state index < -0.39 is 0 Å². The number of Topliss-reactive ketones (excluding diaryl/α,β-unsaturated/α-hetero) is 1. The molecule has 0 saturated carbocycles. The van der Waals surface area contributed by atoms with Gasteiger partial charge in [0.15, 0.2) is 11.6 Å². The molecule has 0 heterocycles. The van der Waals surface area contributed by atoms with Gasteiger partial charge in [0.2, 0.25) is 0 Å². The molecule has 0 atom stereocenters. The molecule has 108 valence electrons. The Morgan fingerprint density at radius 3 is 2.48 bits per heavy atom. The van der Waals surface area contributed by atoms with Crippen molar-refractivity contribution < 1.29 is 14.3 Å². The van der Waals surface area contributed by atoms with Gasteiger partial charge < -0.3 is 4.74 Å². The number of hydrogen-bond acceptors (Lipinski definition) is 3. The number of fused-ring (bicyclic) bond motifs is 1. The standard InChI is InChI=1S/C18H18O3/c1-4-21-13(3)9-12(2)10-14-11-17(19)15-7-5-6-8-16(15)18(14)20/h5-8,11H,2-4,9-10H2,1H3. The molecule has 1 aliphatic carbocycles. The Balaban J connectivity index is 2.12. The third-order valence-electron chi connectivity index (χ3n) is 3.27. The fourth-order valence-corrected chi connectivity index (χ4v) is 2.37. The topological polar surface area (TPSA) is 43.4 Å².